The summed E-state index contributed by atoms with van der Waals surface area (Å²) in [6.45, 7) is 0. The van der Waals surface area contributed by atoms with Crippen molar-refractivity contribution in [2.24, 2.45) is 0 Å². The molecule has 1 N–H and O–H groups in total. The predicted molar refractivity (Wildman–Crippen MR) is 113 cm³/mol. The second kappa shape index (κ2) is 9.17. The summed E-state index contributed by atoms with van der Waals surface area (Å²) in [5.74, 6) is 2.26. The molecule has 0 aliphatic heterocycles. The van der Waals surface area contributed by atoms with Gasteiger partial charge in [0.2, 0.25) is 11.1 Å². The summed E-state index contributed by atoms with van der Waals surface area (Å²) in [5.41, 5.74) is 0.713. The van der Waals surface area contributed by atoms with Crippen LogP contribution in [0.25, 0.3) is 0 Å². The van der Waals surface area contributed by atoms with Gasteiger partial charge >= 0.3 is 0 Å². The number of anilines is 1. The molecule has 8 heteroatoms. The first-order valence-electron chi connectivity index (χ1n) is 9.90. The highest BCUT2D eigenvalue weighted by Crippen LogP contribution is 2.33. The van der Waals surface area contributed by atoms with Gasteiger partial charge in [0.05, 0.1) is 12.9 Å². The number of rotatable bonds is 7. The van der Waals surface area contributed by atoms with Crippen LogP contribution in [0.3, 0.4) is 0 Å². The highest BCUT2D eigenvalue weighted by Gasteiger charge is 2.24. The van der Waals surface area contributed by atoms with E-state index in [2.05, 4.69) is 15.5 Å². The van der Waals surface area contributed by atoms with Gasteiger partial charge in [0, 0.05) is 30.1 Å². The van der Waals surface area contributed by atoms with Crippen molar-refractivity contribution < 1.29 is 9.53 Å². The Hall–Kier alpha value is -2.74. The van der Waals surface area contributed by atoms with Crippen LogP contribution in [0.15, 0.2) is 53.9 Å². The van der Waals surface area contributed by atoms with Crippen LogP contribution in [0.1, 0.15) is 43.8 Å². The molecule has 0 unspecified atom stereocenters. The van der Waals surface area contributed by atoms with Crippen molar-refractivity contribution in [1.82, 2.24) is 19.5 Å². The molecule has 1 aliphatic rings. The van der Waals surface area contributed by atoms with Crippen LogP contribution in [-0.2, 0) is 4.79 Å². The van der Waals surface area contributed by atoms with Gasteiger partial charge in [-0.3, -0.25) is 9.47 Å². The lowest BCUT2D eigenvalue weighted by Gasteiger charge is -2.22. The third-order valence-corrected chi connectivity index (χ3v) is 6.03. The number of aromatic nitrogens is 4. The second-order valence-electron chi connectivity index (χ2n) is 7.12. The molecule has 0 bridgehead atoms. The predicted octanol–water partition coefficient (Wildman–Crippen LogP) is 4.18. The molecule has 1 fully saturated rings. The largest absolute Gasteiger partial charge is 0.497 e. The van der Waals surface area contributed by atoms with E-state index in [-0.39, 0.29) is 11.7 Å². The maximum absolute atomic E-state index is 12.5. The summed E-state index contributed by atoms with van der Waals surface area (Å²) < 4.78 is 9.24. The van der Waals surface area contributed by atoms with E-state index >= 15 is 0 Å². The Labute approximate surface area is 174 Å². The minimum atomic E-state index is -0.0930. The Kier molecular flexibility index (Phi) is 6.19. The van der Waals surface area contributed by atoms with Crippen molar-refractivity contribution in [3.8, 4) is 5.75 Å². The highest BCUT2D eigenvalue weighted by atomic mass is 32.2. The molecule has 0 atom stereocenters. The van der Waals surface area contributed by atoms with Crippen LogP contribution < -0.4 is 10.1 Å². The topological polar surface area (TPSA) is 74.0 Å². The fourth-order valence-corrected chi connectivity index (χ4v) is 4.43. The Morgan fingerprint density at radius 2 is 1.97 bits per heavy atom. The van der Waals surface area contributed by atoms with Gasteiger partial charge < -0.3 is 10.1 Å². The van der Waals surface area contributed by atoms with Crippen LogP contribution in [0.2, 0.25) is 0 Å². The van der Waals surface area contributed by atoms with Gasteiger partial charge in [-0.2, -0.15) is 0 Å². The average molecular weight is 412 g/mol. The number of benzene rings is 1. The average Bonchev–Trinajstić information content (AvgIpc) is 3.42. The van der Waals surface area contributed by atoms with Gasteiger partial charge in [-0.25, -0.2) is 4.68 Å². The molecule has 0 saturated heterocycles. The highest BCUT2D eigenvalue weighted by molar-refractivity contribution is 7.99. The smallest absolute Gasteiger partial charge is 0.234 e. The maximum atomic E-state index is 12.5. The lowest BCUT2D eigenvalue weighted by molar-refractivity contribution is -0.113. The first-order valence-corrected chi connectivity index (χ1v) is 10.9. The number of ether oxygens (including phenoxy) is 1. The van der Waals surface area contributed by atoms with Gasteiger partial charge in [-0.15, -0.1) is 10.2 Å². The molecular formula is C21H25N5O2S. The molecule has 2 aromatic heterocycles. The van der Waals surface area contributed by atoms with E-state index in [9.17, 15) is 4.79 Å². The van der Waals surface area contributed by atoms with E-state index < -0.39 is 0 Å². The van der Waals surface area contributed by atoms with Crippen LogP contribution >= 0.6 is 11.8 Å². The van der Waals surface area contributed by atoms with Crippen molar-refractivity contribution in [2.75, 3.05) is 18.2 Å². The van der Waals surface area contributed by atoms with E-state index in [1.165, 1.54) is 31.0 Å². The minimum absolute atomic E-state index is 0.0930. The molecule has 1 aliphatic carbocycles. The molecule has 1 aromatic carbocycles. The zero-order chi connectivity index (χ0) is 20.1. The fraction of sp³-hybridized carbons (Fsp3) is 0.381. The van der Waals surface area contributed by atoms with Crippen LogP contribution in [0.4, 0.5) is 5.69 Å². The van der Waals surface area contributed by atoms with Crippen molar-refractivity contribution in [3.05, 3.63) is 54.6 Å². The maximum Gasteiger partial charge on any atom is 0.234 e. The Morgan fingerprint density at radius 1 is 1.17 bits per heavy atom. The normalized spacial score (nSPS) is 14.7. The molecule has 29 heavy (non-hydrogen) atoms. The van der Waals surface area contributed by atoms with Crippen molar-refractivity contribution in [1.29, 1.82) is 0 Å². The summed E-state index contributed by atoms with van der Waals surface area (Å²) in [5, 5.41) is 12.5. The third kappa shape index (κ3) is 4.64. The van der Waals surface area contributed by atoms with Gasteiger partial charge in [0.25, 0.3) is 0 Å². The molecule has 4 rings (SSSR count). The number of nitrogens with one attached hydrogen (secondary N) is 1. The number of hydrogen-bond acceptors (Lipinski definition) is 5. The van der Waals surface area contributed by atoms with Crippen LogP contribution in [0.5, 0.6) is 5.75 Å². The van der Waals surface area contributed by atoms with Crippen LogP contribution in [-0.4, -0.2) is 38.3 Å². The lowest BCUT2D eigenvalue weighted by atomic mass is 9.89. The third-order valence-electron chi connectivity index (χ3n) is 5.11. The number of thioether (sulfide) groups is 1. The molecule has 1 saturated carbocycles. The summed E-state index contributed by atoms with van der Waals surface area (Å²) >= 11 is 1.39. The number of carbonyl (C=O) groups is 1. The summed E-state index contributed by atoms with van der Waals surface area (Å²) in [7, 11) is 1.61. The van der Waals surface area contributed by atoms with Gasteiger partial charge in [-0.1, -0.05) is 37.1 Å². The monoisotopic (exact) mass is 411 g/mol. The number of carbonyl (C=O) groups excluding carboxylic acids is 1. The number of hydrogen-bond donors (Lipinski definition) is 1. The Balaban J connectivity index is 1.48. The Morgan fingerprint density at radius 3 is 2.72 bits per heavy atom. The van der Waals surface area contributed by atoms with Crippen LogP contribution in [0, 0.1) is 0 Å². The molecule has 1 amide bonds. The zero-order valence-corrected chi connectivity index (χ0v) is 17.3. The molecule has 2 heterocycles. The van der Waals surface area contributed by atoms with Gasteiger partial charge in [0.15, 0.2) is 5.82 Å². The molecule has 0 spiro atoms. The van der Waals surface area contributed by atoms with Crippen molar-refractivity contribution in [2.45, 2.75) is 43.2 Å². The first-order chi connectivity index (χ1) is 14.2. The van der Waals surface area contributed by atoms with E-state index in [1.807, 2.05) is 52.1 Å². The summed E-state index contributed by atoms with van der Waals surface area (Å²) in [6.07, 6.45) is 10.00. The van der Waals surface area contributed by atoms with Crippen molar-refractivity contribution in [3.63, 3.8) is 0 Å². The minimum Gasteiger partial charge on any atom is -0.497 e. The van der Waals surface area contributed by atoms with Crippen molar-refractivity contribution >= 4 is 23.4 Å². The van der Waals surface area contributed by atoms with E-state index in [0.717, 1.165) is 23.8 Å². The SMILES string of the molecule is COc1cccc(NC(=O)CSc2nnc(C3CCCCC3)n2-n2cccc2)c1. The van der Waals surface area contributed by atoms with Gasteiger partial charge in [-0.05, 0) is 37.1 Å². The lowest BCUT2D eigenvalue weighted by Crippen LogP contribution is -2.18. The molecular weight excluding hydrogens is 386 g/mol. The number of amides is 1. The first kappa shape index (κ1) is 19.6. The number of nitrogens with zero attached hydrogens (tertiary/aromatic N) is 4. The standard InChI is InChI=1S/C21H25N5O2S/c1-28-18-11-7-10-17(14-18)22-19(27)15-29-21-24-23-20(16-8-3-2-4-9-16)26(21)25-12-5-6-13-25/h5-7,10-14,16H,2-4,8-9,15H2,1H3,(H,22,27). The van der Waals surface area contributed by atoms with E-state index in [0.29, 0.717) is 17.4 Å². The molecule has 7 nitrogen and oxygen atoms in total. The quantitative estimate of drug-likeness (QED) is 0.591. The van der Waals surface area contributed by atoms with E-state index in [1.54, 1.807) is 13.2 Å². The molecule has 152 valence electrons. The Bertz CT molecular complexity index is 948. The summed E-state index contributed by atoms with van der Waals surface area (Å²) in [4.78, 5) is 12.5. The molecule has 3 aromatic rings. The van der Waals surface area contributed by atoms with E-state index in [4.69, 9.17) is 4.74 Å². The summed E-state index contributed by atoms with van der Waals surface area (Å²) in [6, 6.07) is 11.3. The number of methoxy groups -OCH3 is 1. The zero-order valence-electron chi connectivity index (χ0n) is 16.5. The molecule has 0 radical (unpaired) electrons. The fourth-order valence-electron chi connectivity index (χ4n) is 3.69. The second-order valence-corrected chi connectivity index (χ2v) is 8.06. The van der Waals surface area contributed by atoms with Gasteiger partial charge in [0.1, 0.15) is 5.75 Å².